The molecule has 0 aliphatic carbocycles. The molecule has 2 aromatic rings. The van der Waals surface area contributed by atoms with Gasteiger partial charge in [0.2, 0.25) is 0 Å². The van der Waals surface area contributed by atoms with Crippen molar-refractivity contribution >= 4 is 53.6 Å². The van der Waals surface area contributed by atoms with Crippen molar-refractivity contribution in [3.05, 3.63) is 31.4 Å². The number of pyridine rings is 1. The fourth-order valence-corrected chi connectivity index (χ4v) is 3.09. The van der Waals surface area contributed by atoms with Crippen LogP contribution in [0.15, 0.2) is 25.7 Å². The van der Waals surface area contributed by atoms with Gasteiger partial charge in [0, 0.05) is 21.7 Å². The number of hydrogen-bond donors (Lipinski definition) is 1. The molecule has 0 saturated carbocycles. The molecule has 20 heavy (non-hydrogen) atoms. The molecular weight excluding hydrogens is 452 g/mol. The maximum absolute atomic E-state index is 4.55. The van der Waals surface area contributed by atoms with Crippen molar-refractivity contribution < 1.29 is 0 Å². The summed E-state index contributed by atoms with van der Waals surface area (Å²) in [7, 11) is 0. The highest BCUT2D eigenvalue weighted by Gasteiger charge is 2.14. The number of aromatic nitrogens is 3. The molecule has 0 aromatic carbocycles. The van der Waals surface area contributed by atoms with Gasteiger partial charge in [-0.1, -0.05) is 6.92 Å². The van der Waals surface area contributed by atoms with Gasteiger partial charge in [-0.15, -0.1) is 0 Å². The summed E-state index contributed by atoms with van der Waals surface area (Å²) in [4.78, 5) is 13.4. The summed E-state index contributed by atoms with van der Waals surface area (Å²) in [6, 6.07) is 1.93. The van der Waals surface area contributed by atoms with Crippen molar-refractivity contribution in [2.45, 2.75) is 20.3 Å². The zero-order valence-corrected chi connectivity index (χ0v) is 15.8. The molecule has 1 N–H and O–H groups in total. The molecule has 2 rings (SSSR count). The first-order chi connectivity index (χ1) is 9.52. The van der Waals surface area contributed by atoms with Gasteiger partial charge >= 0.3 is 0 Å². The van der Waals surface area contributed by atoms with Crippen LogP contribution in [0.5, 0.6) is 0 Å². The quantitative estimate of drug-likeness (QED) is 0.695. The van der Waals surface area contributed by atoms with Crippen molar-refractivity contribution in [3.63, 3.8) is 0 Å². The van der Waals surface area contributed by atoms with Crippen LogP contribution >= 0.6 is 47.8 Å². The lowest BCUT2D eigenvalue weighted by molar-refractivity contribution is 0.957. The molecule has 0 aliphatic rings. The Labute approximate surface area is 143 Å². The molecule has 0 bridgehead atoms. The van der Waals surface area contributed by atoms with E-state index < -0.39 is 0 Å². The minimum Gasteiger partial charge on any atom is -0.369 e. The zero-order chi connectivity index (χ0) is 14.7. The Morgan fingerprint density at radius 1 is 1.20 bits per heavy atom. The van der Waals surface area contributed by atoms with Crippen molar-refractivity contribution in [1.82, 2.24) is 15.0 Å². The van der Waals surface area contributed by atoms with Crippen LogP contribution in [0.1, 0.15) is 19.0 Å². The summed E-state index contributed by atoms with van der Waals surface area (Å²) in [6.07, 6.45) is 2.77. The normalized spacial score (nSPS) is 10.7. The van der Waals surface area contributed by atoms with Crippen LogP contribution < -0.4 is 5.32 Å². The highest BCUT2D eigenvalue weighted by molar-refractivity contribution is 9.11. The Morgan fingerprint density at radius 2 is 1.95 bits per heavy atom. The van der Waals surface area contributed by atoms with E-state index in [-0.39, 0.29) is 0 Å². The van der Waals surface area contributed by atoms with Gasteiger partial charge in [0.05, 0.1) is 10.2 Å². The van der Waals surface area contributed by atoms with Crippen LogP contribution in [0.2, 0.25) is 0 Å². The third-order valence-corrected chi connectivity index (χ3v) is 4.57. The topological polar surface area (TPSA) is 50.7 Å². The highest BCUT2D eigenvalue weighted by atomic mass is 79.9. The first kappa shape index (κ1) is 15.9. The fourth-order valence-electron chi connectivity index (χ4n) is 1.60. The van der Waals surface area contributed by atoms with Crippen LogP contribution in [0.3, 0.4) is 0 Å². The zero-order valence-electron chi connectivity index (χ0n) is 11.0. The van der Waals surface area contributed by atoms with E-state index in [4.69, 9.17) is 0 Å². The van der Waals surface area contributed by atoms with E-state index in [1.54, 1.807) is 6.20 Å². The van der Waals surface area contributed by atoms with E-state index in [0.29, 0.717) is 5.82 Å². The third-order valence-electron chi connectivity index (χ3n) is 2.58. The summed E-state index contributed by atoms with van der Waals surface area (Å²) < 4.78 is 2.66. The third kappa shape index (κ3) is 3.56. The minimum atomic E-state index is 0.601. The molecule has 7 heteroatoms. The monoisotopic (exact) mass is 462 g/mol. The number of nitrogens with one attached hydrogen (secondary N) is 1. The molecule has 0 amide bonds. The highest BCUT2D eigenvalue weighted by Crippen LogP contribution is 2.30. The Hall–Kier alpha value is -0.530. The van der Waals surface area contributed by atoms with Crippen LogP contribution in [-0.4, -0.2) is 21.5 Å². The number of anilines is 1. The maximum Gasteiger partial charge on any atom is 0.181 e. The van der Waals surface area contributed by atoms with Gasteiger partial charge in [-0.2, -0.15) is 0 Å². The van der Waals surface area contributed by atoms with Crippen molar-refractivity contribution in [3.8, 4) is 11.5 Å². The van der Waals surface area contributed by atoms with Crippen molar-refractivity contribution in [2.24, 2.45) is 0 Å². The number of rotatable bonds is 4. The smallest absolute Gasteiger partial charge is 0.181 e. The number of halogens is 3. The molecule has 106 valence electrons. The Balaban J connectivity index is 2.48. The predicted molar refractivity (Wildman–Crippen MR) is 91.9 cm³/mol. The van der Waals surface area contributed by atoms with Gasteiger partial charge in [-0.3, -0.25) is 4.98 Å². The molecular formula is C13H13Br3N4. The van der Waals surface area contributed by atoms with E-state index >= 15 is 0 Å². The van der Waals surface area contributed by atoms with E-state index in [1.807, 2.05) is 13.0 Å². The summed E-state index contributed by atoms with van der Waals surface area (Å²) in [5.41, 5.74) is 1.61. The molecule has 4 nitrogen and oxygen atoms in total. The predicted octanol–water partition coefficient (Wildman–Crippen LogP) is 4.96. The van der Waals surface area contributed by atoms with Crippen LogP contribution in [-0.2, 0) is 0 Å². The second-order valence-electron chi connectivity index (χ2n) is 4.21. The molecule has 0 aliphatic heterocycles. The Morgan fingerprint density at radius 3 is 2.60 bits per heavy atom. The van der Waals surface area contributed by atoms with Gasteiger partial charge in [-0.05, 0) is 67.2 Å². The molecule has 0 atom stereocenters. The van der Waals surface area contributed by atoms with Gasteiger partial charge in [-0.25, -0.2) is 9.97 Å². The second-order valence-corrected chi connectivity index (χ2v) is 6.77. The second kappa shape index (κ2) is 6.95. The Bertz CT molecular complexity index is 631. The molecule has 0 spiro atoms. The van der Waals surface area contributed by atoms with E-state index in [1.165, 1.54) is 0 Å². The van der Waals surface area contributed by atoms with Crippen LogP contribution in [0, 0.1) is 6.92 Å². The Kier molecular flexibility index (Phi) is 5.51. The summed E-state index contributed by atoms with van der Waals surface area (Å²) in [6.45, 7) is 4.92. The van der Waals surface area contributed by atoms with E-state index in [2.05, 4.69) is 75.0 Å². The fraction of sp³-hybridized carbons (Fsp3) is 0.308. The molecule has 2 aromatic heterocycles. The number of hydrogen-bond acceptors (Lipinski definition) is 4. The molecule has 0 unspecified atom stereocenters. The summed E-state index contributed by atoms with van der Waals surface area (Å²) in [5, 5.41) is 3.29. The average molecular weight is 465 g/mol. The van der Waals surface area contributed by atoms with Gasteiger partial charge in [0.1, 0.15) is 11.5 Å². The lowest BCUT2D eigenvalue weighted by Gasteiger charge is -2.11. The van der Waals surface area contributed by atoms with Crippen LogP contribution in [0.25, 0.3) is 11.5 Å². The van der Waals surface area contributed by atoms with Gasteiger partial charge in [0.25, 0.3) is 0 Å². The lowest BCUT2D eigenvalue weighted by atomic mass is 10.3. The summed E-state index contributed by atoms with van der Waals surface area (Å²) in [5.74, 6) is 1.40. The van der Waals surface area contributed by atoms with E-state index in [9.17, 15) is 0 Å². The molecule has 2 heterocycles. The van der Waals surface area contributed by atoms with Crippen LogP contribution in [0.4, 0.5) is 5.82 Å². The SMILES string of the molecule is CCCNc1nc(-c2ncc(Br)cc2Br)nc(C)c1Br. The lowest BCUT2D eigenvalue weighted by Crippen LogP contribution is -2.06. The molecule has 0 radical (unpaired) electrons. The number of nitrogens with zero attached hydrogens (tertiary/aromatic N) is 3. The molecule has 0 saturated heterocycles. The van der Waals surface area contributed by atoms with Crippen molar-refractivity contribution in [1.29, 1.82) is 0 Å². The largest absolute Gasteiger partial charge is 0.369 e. The average Bonchev–Trinajstić information content (AvgIpc) is 2.40. The molecule has 0 fully saturated rings. The standard InChI is InChI=1S/C13H13Br3N4/c1-3-4-17-12-10(16)7(2)19-13(20-12)11-9(15)5-8(14)6-18-11/h5-6H,3-4H2,1-2H3,(H,17,19,20). The van der Waals surface area contributed by atoms with Crippen molar-refractivity contribution in [2.75, 3.05) is 11.9 Å². The first-order valence-electron chi connectivity index (χ1n) is 6.12. The minimum absolute atomic E-state index is 0.601. The first-order valence-corrected chi connectivity index (χ1v) is 8.50. The number of aryl methyl sites for hydroxylation is 1. The van der Waals surface area contributed by atoms with Gasteiger partial charge in [0.15, 0.2) is 5.82 Å². The maximum atomic E-state index is 4.55. The van der Waals surface area contributed by atoms with E-state index in [0.717, 1.165) is 43.6 Å². The summed E-state index contributed by atoms with van der Waals surface area (Å²) >= 11 is 10.4. The van der Waals surface area contributed by atoms with Gasteiger partial charge < -0.3 is 5.32 Å².